The lowest BCUT2D eigenvalue weighted by atomic mass is 10.0. The Morgan fingerprint density at radius 3 is 2.29 bits per heavy atom. The van der Waals surface area contributed by atoms with E-state index in [2.05, 4.69) is 5.10 Å². The number of rotatable bonds is 3. The van der Waals surface area contributed by atoms with Gasteiger partial charge in [0.1, 0.15) is 5.82 Å². The second-order valence-electron chi connectivity index (χ2n) is 4.30. The van der Waals surface area contributed by atoms with Gasteiger partial charge < -0.3 is 15.2 Å². The molecule has 0 aliphatic heterocycles. The van der Waals surface area contributed by atoms with Crippen molar-refractivity contribution in [1.82, 2.24) is 9.78 Å². The maximum absolute atomic E-state index is 13.2. The van der Waals surface area contributed by atoms with Crippen LogP contribution in [0.2, 0.25) is 0 Å². The molecule has 0 spiro atoms. The van der Waals surface area contributed by atoms with E-state index in [4.69, 9.17) is 15.2 Å². The van der Waals surface area contributed by atoms with Gasteiger partial charge in [-0.3, -0.25) is 4.68 Å². The van der Waals surface area contributed by atoms with E-state index < -0.39 is 11.7 Å². The average Bonchev–Trinajstić information content (AvgIpc) is 2.75. The number of alkyl halides is 3. The number of hydrogen-bond donors (Lipinski definition) is 1. The highest BCUT2D eigenvalue weighted by molar-refractivity contribution is 5.76. The number of benzene rings is 1. The first-order valence-electron chi connectivity index (χ1n) is 5.91. The van der Waals surface area contributed by atoms with Crippen molar-refractivity contribution in [3.63, 3.8) is 0 Å². The van der Waals surface area contributed by atoms with E-state index in [0.29, 0.717) is 0 Å². The highest BCUT2D eigenvalue weighted by Crippen LogP contribution is 2.46. The van der Waals surface area contributed by atoms with Crippen LogP contribution in [0.25, 0.3) is 11.3 Å². The molecule has 1 heterocycles. The molecule has 0 amide bonds. The van der Waals surface area contributed by atoms with Crippen molar-refractivity contribution in [2.24, 2.45) is 7.05 Å². The first kappa shape index (κ1) is 15.0. The quantitative estimate of drug-likeness (QED) is 0.947. The molecule has 0 aliphatic carbocycles. The SMILES string of the molecule is COc1ccc(C(F)(F)F)c(-c2cc(N)n(C)n2)c1OC. The molecule has 1 aromatic heterocycles. The summed E-state index contributed by atoms with van der Waals surface area (Å²) < 4.78 is 51.1. The monoisotopic (exact) mass is 301 g/mol. The number of anilines is 1. The predicted octanol–water partition coefficient (Wildman–Crippen LogP) is 2.71. The van der Waals surface area contributed by atoms with E-state index in [1.165, 1.54) is 31.0 Å². The van der Waals surface area contributed by atoms with E-state index in [-0.39, 0.29) is 28.6 Å². The first-order valence-corrected chi connectivity index (χ1v) is 5.91. The molecular weight excluding hydrogens is 287 g/mol. The molecule has 114 valence electrons. The summed E-state index contributed by atoms with van der Waals surface area (Å²) in [6.07, 6.45) is -4.55. The van der Waals surface area contributed by atoms with E-state index in [1.807, 2.05) is 0 Å². The summed E-state index contributed by atoms with van der Waals surface area (Å²) in [6.45, 7) is 0. The molecule has 0 unspecified atom stereocenters. The van der Waals surface area contributed by atoms with Crippen LogP contribution in [0.3, 0.4) is 0 Å². The zero-order valence-corrected chi connectivity index (χ0v) is 11.7. The van der Waals surface area contributed by atoms with Crippen molar-refractivity contribution >= 4 is 5.82 Å². The summed E-state index contributed by atoms with van der Waals surface area (Å²) in [5, 5.41) is 3.99. The molecule has 1 aromatic carbocycles. The topological polar surface area (TPSA) is 62.3 Å². The van der Waals surface area contributed by atoms with Crippen LogP contribution in [0.1, 0.15) is 5.56 Å². The van der Waals surface area contributed by atoms with Crippen LogP contribution in [0.15, 0.2) is 18.2 Å². The second-order valence-corrected chi connectivity index (χ2v) is 4.30. The third-order valence-electron chi connectivity index (χ3n) is 3.02. The lowest BCUT2D eigenvalue weighted by molar-refractivity contribution is -0.137. The maximum Gasteiger partial charge on any atom is 0.417 e. The number of ether oxygens (including phenoxy) is 2. The molecule has 2 aromatic rings. The molecular formula is C13H14F3N3O2. The molecule has 0 atom stereocenters. The van der Waals surface area contributed by atoms with Crippen molar-refractivity contribution in [3.8, 4) is 22.8 Å². The Hall–Kier alpha value is -2.38. The van der Waals surface area contributed by atoms with Crippen LogP contribution in [0, 0.1) is 0 Å². The van der Waals surface area contributed by atoms with Crippen molar-refractivity contribution in [3.05, 3.63) is 23.8 Å². The number of hydrogen-bond acceptors (Lipinski definition) is 4. The number of nitrogen functional groups attached to an aromatic ring is 1. The molecule has 0 bridgehead atoms. The average molecular weight is 301 g/mol. The van der Waals surface area contributed by atoms with Gasteiger partial charge in [-0.1, -0.05) is 0 Å². The van der Waals surface area contributed by atoms with Crippen molar-refractivity contribution in [2.75, 3.05) is 20.0 Å². The third-order valence-corrected chi connectivity index (χ3v) is 3.02. The van der Waals surface area contributed by atoms with Crippen LogP contribution in [0.4, 0.5) is 19.0 Å². The van der Waals surface area contributed by atoms with Crippen molar-refractivity contribution in [2.45, 2.75) is 6.18 Å². The largest absolute Gasteiger partial charge is 0.493 e. The minimum atomic E-state index is -4.55. The van der Waals surface area contributed by atoms with Gasteiger partial charge in [0.2, 0.25) is 0 Å². The Kier molecular flexibility index (Phi) is 3.71. The molecule has 8 heteroatoms. The fourth-order valence-corrected chi connectivity index (χ4v) is 2.02. The normalized spacial score (nSPS) is 11.5. The molecule has 0 fully saturated rings. The summed E-state index contributed by atoms with van der Waals surface area (Å²) >= 11 is 0. The summed E-state index contributed by atoms with van der Waals surface area (Å²) in [6, 6.07) is 3.49. The van der Waals surface area contributed by atoms with Gasteiger partial charge in [0.05, 0.1) is 31.0 Å². The van der Waals surface area contributed by atoms with Crippen LogP contribution in [-0.2, 0) is 13.2 Å². The van der Waals surface area contributed by atoms with E-state index in [0.717, 1.165) is 6.07 Å². The molecule has 0 radical (unpaired) electrons. The zero-order chi connectivity index (χ0) is 15.8. The summed E-state index contributed by atoms with van der Waals surface area (Å²) in [5.41, 5.74) is 4.65. The molecule has 0 aliphatic rings. The maximum atomic E-state index is 13.2. The van der Waals surface area contributed by atoms with Gasteiger partial charge in [-0.25, -0.2) is 0 Å². The molecule has 0 saturated heterocycles. The number of aromatic nitrogens is 2. The Bertz CT molecular complexity index is 646. The van der Waals surface area contributed by atoms with E-state index >= 15 is 0 Å². The number of nitrogens with two attached hydrogens (primary N) is 1. The minimum absolute atomic E-state index is 0.0366. The number of methoxy groups -OCH3 is 2. The molecule has 21 heavy (non-hydrogen) atoms. The summed E-state index contributed by atoms with van der Waals surface area (Å²) in [7, 11) is 4.16. The summed E-state index contributed by atoms with van der Waals surface area (Å²) in [4.78, 5) is 0. The van der Waals surface area contributed by atoms with Gasteiger partial charge in [-0.05, 0) is 12.1 Å². The number of nitrogens with zero attached hydrogens (tertiary/aromatic N) is 2. The second kappa shape index (κ2) is 5.19. The highest BCUT2D eigenvalue weighted by Gasteiger charge is 2.37. The predicted molar refractivity (Wildman–Crippen MR) is 71.2 cm³/mol. The Morgan fingerprint density at radius 2 is 1.86 bits per heavy atom. The lowest BCUT2D eigenvalue weighted by Gasteiger charge is -2.17. The number of aryl methyl sites for hydroxylation is 1. The van der Waals surface area contributed by atoms with Gasteiger partial charge in [-0.15, -0.1) is 0 Å². The minimum Gasteiger partial charge on any atom is -0.493 e. The Balaban J connectivity index is 2.81. The fraction of sp³-hybridized carbons (Fsp3) is 0.308. The van der Waals surface area contributed by atoms with Crippen LogP contribution < -0.4 is 15.2 Å². The fourth-order valence-electron chi connectivity index (χ4n) is 2.02. The molecule has 2 N–H and O–H groups in total. The Morgan fingerprint density at radius 1 is 1.19 bits per heavy atom. The first-order chi connectivity index (χ1) is 9.79. The highest BCUT2D eigenvalue weighted by atomic mass is 19.4. The Labute approximate surface area is 119 Å². The molecule has 2 rings (SSSR count). The lowest BCUT2D eigenvalue weighted by Crippen LogP contribution is -2.09. The zero-order valence-electron chi connectivity index (χ0n) is 11.7. The third kappa shape index (κ3) is 2.61. The molecule has 5 nitrogen and oxygen atoms in total. The summed E-state index contributed by atoms with van der Waals surface area (Å²) in [5.74, 6) is 0.387. The van der Waals surface area contributed by atoms with Crippen LogP contribution in [0.5, 0.6) is 11.5 Å². The number of halogens is 3. The van der Waals surface area contributed by atoms with Gasteiger partial charge in [0, 0.05) is 13.1 Å². The van der Waals surface area contributed by atoms with Gasteiger partial charge in [0.25, 0.3) is 0 Å². The van der Waals surface area contributed by atoms with Gasteiger partial charge in [0.15, 0.2) is 11.5 Å². The van der Waals surface area contributed by atoms with Gasteiger partial charge >= 0.3 is 6.18 Å². The molecule has 0 saturated carbocycles. The van der Waals surface area contributed by atoms with Crippen molar-refractivity contribution < 1.29 is 22.6 Å². The van der Waals surface area contributed by atoms with Crippen LogP contribution in [-0.4, -0.2) is 24.0 Å². The van der Waals surface area contributed by atoms with Crippen LogP contribution >= 0.6 is 0 Å². The van der Waals surface area contributed by atoms with Gasteiger partial charge in [-0.2, -0.15) is 18.3 Å². The standard InChI is InChI=1S/C13H14F3N3O2/c1-19-10(17)6-8(18-19)11-7(13(14,15)16)4-5-9(20-2)12(11)21-3/h4-6H,17H2,1-3H3. The van der Waals surface area contributed by atoms with E-state index in [1.54, 1.807) is 7.05 Å². The van der Waals surface area contributed by atoms with Crippen molar-refractivity contribution in [1.29, 1.82) is 0 Å². The van der Waals surface area contributed by atoms with E-state index in [9.17, 15) is 13.2 Å². The smallest absolute Gasteiger partial charge is 0.417 e.